The number of anilines is 1. The van der Waals surface area contributed by atoms with Crippen LogP contribution in [0.3, 0.4) is 0 Å². The van der Waals surface area contributed by atoms with Gasteiger partial charge in [0, 0.05) is 11.3 Å². The Morgan fingerprint density at radius 3 is 2.30 bits per heavy atom. The van der Waals surface area contributed by atoms with Crippen LogP contribution in [-0.2, 0) is 0 Å². The SMILES string of the molecule is O=C(O)c1cccc(NC(=O)c2cccc(OC(F)(F)F)c2)c1. The van der Waals surface area contributed by atoms with Gasteiger partial charge in [-0.1, -0.05) is 12.1 Å². The summed E-state index contributed by atoms with van der Waals surface area (Å²) in [6, 6.07) is 10.0. The van der Waals surface area contributed by atoms with Crippen molar-refractivity contribution in [2.45, 2.75) is 6.36 Å². The summed E-state index contributed by atoms with van der Waals surface area (Å²) < 4.78 is 40.2. The molecule has 0 atom stereocenters. The Balaban J connectivity index is 2.16. The normalized spacial score (nSPS) is 10.9. The molecule has 0 aromatic heterocycles. The van der Waals surface area contributed by atoms with Gasteiger partial charge in [0.2, 0.25) is 0 Å². The van der Waals surface area contributed by atoms with E-state index in [0.717, 1.165) is 12.1 Å². The number of aromatic carboxylic acids is 1. The lowest BCUT2D eigenvalue weighted by Crippen LogP contribution is -2.18. The Morgan fingerprint density at radius 2 is 1.65 bits per heavy atom. The standard InChI is InChI=1S/C15H10F3NO4/c16-15(17,18)23-12-6-2-3-9(8-12)13(20)19-11-5-1-4-10(7-11)14(21)22/h1-8H,(H,19,20)(H,21,22). The molecule has 5 nitrogen and oxygen atoms in total. The first kappa shape index (κ1) is 16.3. The van der Waals surface area contributed by atoms with Gasteiger partial charge in [-0.05, 0) is 36.4 Å². The quantitative estimate of drug-likeness (QED) is 0.901. The molecule has 2 aromatic carbocycles. The molecule has 2 aromatic rings. The molecule has 0 radical (unpaired) electrons. The van der Waals surface area contributed by atoms with Crippen molar-refractivity contribution in [1.29, 1.82) is 0 Å². The predicted octanol–water partition coefficient (Wildman–Crippen LogP) is 3.54. The molecule has 0 fully saturated rings. The zero-order valence-corrected chi connectivity index (χ0v) is 11.4. The molecule has 0 unspecified atom stereocenters. The second kappa shape index (κ2) is 6.39. The smallest absolute Gasteiger partial charge is 0.478 e. The number of carboxylic acid groups (broad SMARTS) is 1. The predicted molar refractivity (Wildman–Crippen MR) is 74.5 cm³/mol. The Kier molecular flexibility index (Phi) is 4.54. The summed E-state index contributed by atoms with van der Waals surface area (Å²) in [5.74, 6) is -2.38. The van der Waals surface area contributed by atoms with E-state index in [4.69, 9.17) is 5.11 Å². The molecule has 120 valence electrons. The van der Waals surface area contributed by atoms with Crippen molar-refractivity contribution in [3.63, 3.8) is 0 Å². The zero-order chi connectivity index (χ0) is 17.0. The fourth-order valence-corrected chi connectivity index (χ4v) is 1.77. The minimum Gasteiger partial charge on any atom is -0.478 e. The number of alkyl halides is 3. The van der Waals surface area contributed by atoms with Crippen LogP contribution in [-0.4, -0.2) is 23.3 Å². The Labute approximate surface area is 128 Å². The minimum absolute atomic E-state index is 0.0306. The first-order valence-corrected chi connectivity index (χ1v) is 6.25. The average molecular weight is 325 g/mol. The van der Waals surface area contributed by atoms with E-state index in [1.807, 2.05) is 0 Å². The Bertz CT molecular complexity index is 743. The molecule has 0 saturated carbocycles. The highest BCUT2D eigenvalue weighted by Crippen LogP contribution is 2.23. The van der Waals surface area contributed by atoms with Crippen molar-refractivity contribution in [3.05, 3.63) is 59.7 Å². The van der Waals surface area contributed by atoms with Crippen molar-refractivity contribution in [3.8, 4) is 5.75 Å². The van der Waals surface area contributed by atoms with E-state index in [1.165, 1.54) is 36.4 Å². The molecule has 0 spiro atoms. The van der Waals surface area contributed by atoms with E-state index < -0.39 is 24.0 Å². The van der Waals surface area contributed by atoms with Gasteiger partial charge in [-0.15, -0.1) is 13.2 Å². The van der Waals surface area contributed by atoms with Gasteiger partial charge < -0.3 is 15.2 Å². The molecule has 8 heteroatoms. The Hall–Kier alpha value is -3.03. The van der Waals surface area contributed by atoms with Gasteiger partial charge in [-0.2, -0.15) is 0 Å². The number of carboxylic acids is 1. The third-order valence-electron chi connectivity index (χ3n) is 2.70. The van der Waals surface area contributed by atoms with Gasteiger partial charge in [0.15, 0.2) is 0 Å². The largest absolute Gasteiger partial charge is 0.573 e. The van der Waals surface area contributed by atoms with Crippen LogP contribution in [0, 0.1) is 0 Å². The molecule has 23 heavy (non-hydrogen) atoms. The summed E-state index contributed by atoms with van der Waals surface area (Å²) >= 11 is 0. The van der Waals surface area contributed by atoms with E-state index in [2.05, 4.69) is 10.1 Å². The van der Waals surface area contributed by atoms with Gasteiger partial charge in [-0.3, -0.25) is 4.79 Å². The monoisotopic (exact) mass is 325 g/mol. The molecule has 0 aliphatic heterocycles. The van der Waals surface area contributed by atoms with Gasteiger partial charge in [0.1, 0.15) is 5.75 Å². The minimum atomic E-state index is -4.86. The van der Waals surface area contributed by atoms with Gasteiger partial charge in [0.05, 0.1) is 5.56 Å². The number of amides is 1. The number of ether oxygens (including phenoxy) is 1. The molecule has 2 N–H and O–H groups in total. The number of hydrogen-bond donors (Lipinski definition) is 2. The van der Waals surface area contributed by atoms with E-state index in [0.29, 0.717) is 0 Å². The highest BCUT2D eigenvalue weighted by Gasteiger charge is 2.31. The van der Waals surface area contributed by atoms with E-state index >= 15 is 0 Å². The van der Waals surface area contributed by atoms with Crippen molar-refractivity contribution in [2.24, 2.45) is 0 Å². The number of carbonyl (C=O) groups excluding carboxylic acids is 1. The van der Waals surface area contributed by atoms with Crippen LogP contribution < -0.4 is 10.1 Å². The second-order valence-corrected chi connectivity index (χ2v) is 4.42. The topological polar surface area (TPSA) is 75.6 Å². The average Bonchev–Trinajstić information content (AvgIpc) is 2.46. The maximum absolute atomic E-state index is 12.2. The summed E-state index contributed by atoms with van der Waals surface area (Å²) in [7, 11) is 0. The fourth-order valence-electron chi connectivity index (χ4n) is 1.77. The summed E-state index contributed by atoms with van der Waals surface area (Å²) in [4.78, 5) is 22.9. The summed E-state index contributed by atoms with van der Waals surface area (Å²) in [6.07, 6.45) is -4.86. The molecule has 0 aliphatic carbocycles. The highest BCUT2D eigenvalue weighted by atomic mass is 19.4. The third kappa shape index (κ3) is 4.73. The van der Waals surface area contributed by atoms with Crippen molar-refractivity contribution in [1.82, 2.24) is 0 Å². The van der Waals surface area contributed by atoms with Crippen LogP contribution >= 0.6 is 0 Å². The van der Waals surface area contributed by atoms with Gasteiger partial charge in [-0.25, -0.2) is 4.79 Å². The number of benzene rings is 2. The molecule has 0 heterocycles. The number of nitrogens with one attached hydrogen (secondary N) is 1. The van der Waals surface area contributed by atoms with E-state index in [1.54, 1.807) is 0 Å². The van der Waals surface area contributed by atoms with Crippen LogP contribution in [0.1, 0.15) is 20.7 Å². The molecule has 0 aliphatic rings. The maximum atomic E-state index is 12.2. The third-order valence-corrected chi connectivity index (χ3v) is 2.70. The number of carbonyl (C=O) groups is 2. The molecule has 0 saturated heterocycles. The number of hydrogen-bond acceptors (Lipinski definition) is 3. The lowest BCUT2D eigenvalue weighted by molar-refractivity contribution is -0.274. The lowest BCUT2D eigenvalue weighted by atomic mass is 10.1. The van der Waals surface area contributed by atoms with Crippen LogP contribution in [0.25, 0.3) is 0 Å². The van der Waals surface area contributed by atoms with Crippen molar-refractivity contribution < 1.29 is 32.6 Å². The summed E-state index contributed by atoms with van der Waals surface area (Å²) in [5.41, 5.74) is 0.112. The molecular formula is C15H10F3NO4. The summed E-state index contributed by atoms with van der Waals surface area (Å²) in [6.45, 7) is 0. The maximum Gasteiger partial charge on any atom is 0.573 e. The number of rotatable bonds is 4. The highest BCUT2D eigenvalue weighted by molar-refractivity contribution is 6.05. The first-order chi connectivity index (χ1) is 10.7. The first-order valence-electron chi connectivity index (χ1n) is 6.25. The lowest BCUT2D eigenvalue weighted by Gasteiger charge is -2.10. The molecular weight excluding hydrogens is 315 g/mol. The van der Waals surface area contributed by atoms with Gasteiger partial charge >= 0.3 is 12.3 Å². The summed E-state index contributed by atoms with van der Waals surface area (Å²) in [5, 5.41) is 11.3. The van der Waals surface area contributed by atoms with Crippen LogP contribution in [0.5, 0.6) is 5.75 Å². The Morgan fingerprint density at radius 1 is 1.00 bits per heavy atom. The van der Waals surface area contributed by atoms with Crippen LogP contribution in [0.2, 0.25) is 0 Å². The van der Waals surface area contributed by atoms with Crippen LogP contribution in [0.4, 0.5) is 18.9 Å². The zero-order valence-electron chi connectivity index (χ0n) is 11.4. The van der Waals surface area contributed by atoms with Crippen molar-refractivity contribution in [2.75, 3.05) is 5.32 Å². The number of halogens is 3. The molecule has 2 rings (SSSR count). The molecule has 0 bridgehead atoms. The fraction of sp³-hybridized carbons (Fsp3) is 0.0667. The van der Waals surface area contributed by atoms with Crippen molar-refractivity contribution >= 4 is 17.6 Å². The second-order valence-electron chi connectivity index (χ2n) is 4.42. The molecule has 1 amide bonds. The van der Waals surface area contributed by atoms with Crippen LogP contribution in [0.15, 0.2) is 48.5 Å². The van der Waals surface area contributed by atoms with Gasteiger partial charge in [0.25, 0.3) is 5.91 Å². The van der Waals surface area contributed by atoms with E-state index in [-0.39, 0.29) is 16.8 Å². The van der Waals surface area contributed by atoms with E-state index in [9.17, 15) is 22.8 Å².